The average Bonchev–Trinajstić information content (AvgIpc) is 3.05. The van der Waals surface area contributed by atoms with E-state index < -0.39 is 41.6 Å². The first-order valence-electron chi connectivity index (χ1n) is 13.2. The van der Waals surface area contributed by atoms with Crippen molar-refractivity contribution in [3.8, 4) is 5.75 Å². The molecule has 1 amide bonds. The highest BCUT2D eigenvalue weighted by Crippen LogP contribution is 2.34. The first kappa shape index (κ1) is 31.6. The van der Waals surface area contributed by atoms with Crippen LogP contribution in [0.15, 0.2) is 24.0 Å². The third kappa shape index (κ3) is 8.43. The summed E-state index contributed by atoms with van der Waals surface area (Å²) >= 11 is 0. The van der Waals surface area contributed by atoms with Crippen molar-refractivity contribution in [2.24, 2.45) is 5.92 Å². The number of aromatic hydroxyl groups is 1. The van der Waals surface area contributed by atoms with E-state index in [1.165, 1.54) is 17.0 Å². The molecule has 0 radical (unpaired) electrons. The number of nitrogens with zero attached hydrogens (tertiary/aromatic N) is 1. The Bertz CT molecular complexity index is 1010. The van der Waals surface area contributed by atoms with Crippen molar-refractivity contribution >= 4 is 17.7 Å². The van der Waals surface area contributed by atoms with Crippen molar-refractivity contribution in [1.82, 2.24) is 0 Å². The Morgan fingerprint density at radius 3 is 2.32 bits per heavy atom. The zero-order valence-corrected chi connectivity index (χ0v) is 24.4. The molecule has 0 unspecified atom stereocenters. The van der Waals surface area contributed by atoms with Gasteiger partial charge in [-0.15, -0.1) is 0 Å². The highest BCUT2D eigenvalue weighted by atomic mass is 19.1. The summed E-state index contributed by atoms with van der Waals surface area (Å²) in [7, 11) is 0. The summed E-state index contributed by atoms with van der Waals surface area (Å²) < 4.78 is 37.5. The van der Waals surface area contributed by atoms with Gasteiger partial charge in [0.15, 0.2) is 5.79 Å². The van der Waals surface area contributed by atoms with Crippen molar-refractivity contribution in [1.29, 1.82) is 0 Å². The molecule has 1 heterocycles. The fourth-order valence-electron chi connectivity index (χ4n) is 4.35. The molecule has 1 fully saturated rings. The van der Waals surface area contributed by atoms with E-state index in [1.807, 2.05) is 20.8 Å². The van der Waals surface area contributed by atoms with E-state index in [4.69, 9.17) is 18.9 Å². The van der Waals surface area contributed by atoms with E-state index >= 15 is 0 Å². The van der Waals surface area contributed by atoms with Crippen LogP contribution in [0.25, 0.3) is 0 Å². The van der Waals surface area contributed by atoms with Gasteiger partial charge in [0.25, 0.3) is 0 Å². The molecular weight excluding hydrogens is 493 g/mol. The second-order valence-corrected chi connectivity index (χ2v) is 11.3. The van der Waals surface area contributed by atoms with Crippen LogP contribution < -0.4 is 4.90 Å². The van der Waals surface area contributed by atoms with E-state index in [0.29, 0.717) is 24.2 Å². The number of carbonyl (C=O) groups excluding carboxylic acids is 2. The molecule has 1 saturated heterocycles. The molecule has 0 aromatic heterocycles. The van der Waals surface area contributed by atoms with Crippen molar-refractivity contribution in [3.63, 3.8) is 0 Å². The molecule has 1 N–H and O–H groups in total. The third-order valence-corrected chi connectivity index (χ3v) is 6.31. The predicted molar refractivity (Wildman–Crippen MR) is 144 cm³/mol. The minimum absolute atomic E-state index is 0.0120. The van der Waals surface area contributed by atoms with E-state index in [1.54, 1.807) is 54.5 Å². The van der Waals surface area contributed by atoms with E-state index in [9.17, 15) is 19.1 Å². The molecule has 0 aliphatic carbocycles. The molecule has 4 atom stereocenters. The number of anilines is 1. The van der Waals surface area contributed by atoms with Gasteiger partial charge in [0.05, 0.1) is 23.7 Å². The Kier molecular flexibility index (Phi) is 10.4. The van der Waals surface area contributed by atoms with Crippen molar-refractivity contribution in [2.45, 2.75) is 112 Å². The van der Waals surface area contributed by atoms with Gasteiger partial charge in [-0.25, -0.2) is 14.0 Å². The van der Waals surface area contributed by atoms with Crippen LogP contribution in [-0.2, 0) is 18.9 Å². The topological polar surface area (TPSA) is 94.5 Å². The molecular formula is C29H44FNO7. The lowest BCUT2D eigenvalue weighted by molar-refractivity contribution is -0.146. The Morgan fingerprint density at radius 2 is 1.79 bits per heavy atom. The molecule has 1 aromatic rings. The summed E-state index contributed by atoms with van der Waals surface area (Å²) in [6.07, 6.45) is 0.393. The lowest BCUT2D eigenvalue weighted by atomic mass is 10.0. The lowest BCUT2D eigenvalue weighted by Crippen LogP contribution is -2.36. The number of ether oxygens (including phenoxy) is 4. The second kappa shape index (κ2) is 12.5. The highest BCUT2D eigenvalue weighted by Gasteiger charge is 2.40. The van der Waals surface area contributed by atoms with Crippen molar-refractivity contribution < 1.29 is 38.0 Å². The summed E-state index contributed by atoms with van der Waals surface area (Å²) in [6, 6.07) is 2.95. The number of hydrogen-bond acceptors (Lipinski definition) is 7. The molecule has 1 aliphatic heterocycles. The zero-order chi connectivity index (χ0) is 29.0. The Hall–Kier alpha value is -2.65. The summed E-state index contributed by atoms with van der Waals surface area (Å²) in [5.41, 5.74) is 0.131. The van der Waals surface area contributed by atoms with Gasteiger partial charge in [-0.1, -0.05) is 13.8 Å². The van der Waals surface area contributed by atoms with Crippen LogP contribution in [-0.4, -0.2) is 53.4 Å². The summed E-state index contributed by atoms with van der Waals surface area (Å²) in [6.45, 7) is 18.0. The molecule has 38 heavy (non-hydrogen) atoms. The number of halogens is 1. The molecule has 214 valence electrons. The Balaban J connectivity index is 2.11. The Morgan fingerprint density at radius 1 is 1.18 bits per heavy atom. The number of esters is 1. The first-order valence-corrected chi connectivity index (χ1v) is 13.2. The van der Waals surface area contributed by atoms with Crippen LogP contribution in [0.3, 0.4) is 0 Å². The SMILES string of the molecule is CC[C@@H]1OC(C)(C)O[C@@H]1C/C(F)=C\[C@@H](C)[C@H](C)OC(=O)c1c(C)cc(N(CC)C(=O)OC(C)(C)C)cc1O. The normalized spacial score (nSPS) is 21.1. The highest BCUT2D eigenvalue weighted by molar-refractivity contribution is 5.96. The summed E-state index contributed by atoms with van der Waals surface area (Å²) in [5, 5.41) is 10.7. The quantitative estimate of drug-likeness (QED) is 0.346. The molecule has 8 nitrogen and oxygen atoms in total. The molecule has 0 spiro atoms. The molecule has 1 aromatic carbocycles. The minimum atomic E-state index is -0.753. The number of phenols is 1. The van der Waals surface area contributed by atoms with Gasteiger partial charge in [-0.3, -0.25) is 4.90 Å². The number of rotatable bonds is 9. The van der Waals surface area contributed by atoms with Crippen LogP contribution in [0.4, 0.5) is 14.9 Å². The van der Waals surface area contributed by atoms with Gasteiger partial charge < -0.3 is 24.1 Å². The van der Waals surface area contributed by atoms with Crippen molar-refractivity contribution in [2.75, 3.05) is 11.4 Å². The number of amides is 1. The number of benzene rings is 1. The van der Waals surface area contributed by atoms with E-state index in [0.717, 1.165) is 0 Å². The van der Waals surface area contributed by atoms with Gasteiger partial charge in [0, 0.05) is 24.9 Å². The maximum atomic E-state index is 14.8. The number of aryl methyl sites for hydroxylation is 1. The molecule has 1 aliphatic rings. The fourth-order valence-corrected chi connectivity index (χ4v) is 4.35. The maximum absolute atomic E-state index is 14.8. The van der Waals surface area contributed by atoms with Crippen LogP contribution in [0.2, 0.25) is 0 Å². The van der Waals surface area contributed by atoms with Crippen LogP contribution in [0.5, 0.6) is 5.75 Å². The maximum Gasteiger partial charge on any atom is 0.414 e. The number of hydrogen-bond donors (Lipinski definition) is 1. The lowest BCUT2D eigenvalue weighted by Gasteiger charge is -2.27. The monoisotopic (exact) mass is 537 g/mol. The van der Waals surface area contributed by atoms with Crippen LogP contribution in [0.1, 0.15) is 91.1 Å². The predicted octanol–water partition coefficient (Wildman–Crippen LogP) is 6.82. The first-order chi connectivity index (χ1) is 17.5. The Labute approximate surface area is 226 Å². The largest absolute Gasteiger partial charge is 0.507 e. The van der Waals surface area contributed by atoms with E-state index in [2.05, 4.69) is 0 Å². The van der Waals surface area contributed by atoms with Gasteiger partial charge in [0.1, 0.15) is 23.0 Å². The standard InChI is InChI=1S/C29H44FNO7/c1-11-23-24(37-29(9,10)36-23)15-20(30)13-17(3)19(5)35-26(33)25-18(4)14-21(16-22(25)32)31(12-2)27(34)38-28(6,7)8/h13-14,16-17,19,23-24,32H,11-12,15H2,1-10H3/b20-13+/t17-,19+,23+,24-/m1/s1. The van der Waals surface area contributed by atoms with Crippen molar-refractivity contribution in [3.05, 3.63) is 35.2 Å². The van der Waals surface area contributed by atoms with Gasteiger partial charge in [-0.05, 0) is 79.5 Å². The fraction of sp³-hybridized carbons (Fsp3) is 0.655. The minimum Gasteiger partial charge on any atom is -0.507 e. The molecule has 9 heteroatoms. The van der Waals surface area contributed by atoms with Gasteiger partial charge in [-0.2, -0.15) is 0 Å². The number of carbonyl (C=O) groups is 2. The average molecular weight is 538 g/mol. The van der Waals surface area contributed by atoms with E-state index in [-0.39, 0.29) is 29.7 Å². The molecule has 2 rings (SSSR count). The zero-order valence-electron chi connectivity index (χ0n) is 24.4. The van der Waals surface area contributed by atoms with Gasteiger partial charge >= 0.3 is 12.1 Å². The molecule has 0 saturated carbocycles. The van der Waals surface area contributed by atoms with Crippen LogP contribution in [0, 0.1) is 12.8 Å². The summed E-state index contributed by atoms with van der Waals surface area (Å²) in [5.74, 6) is -2.61. The van der Waals surface area contributed by atoms with Crippen LogP contribution >= 0.6 is 0 Å². The second-order valence-electron chi connectivity index (χ2n) is 11.3. The summed E-state index contributed by atoms with van der Waals surface area (Å²) in [4.78, 5) is 26.9. The molecule has 0 bridgehead atoms. The number of phenolic OH excluding ortho intramolecular Hbond substituents is 1. The smallest absolute Gasteiger partial charge is 0.414 e. The van der Waals surface area contributed by atoms with Gasteiger partial charge in [0.2, 0.25) is 0 Å². The third-order valence-electron chi connectivity index (χ3n) is 6.31.